The first kappa shape index (κ1) is 33.9. The van der Waals surface area contributed by atoms with E-state index in [2.05, 4.69) is 157 Å². The highest BCUT2D eigenvalue weighted by molar-refractivity contribution is 6.13. The van der Waals surface area contributed by atoms with Gasteiger partial charge in [-0.05, 0) is 112 Å². The molecule has 9 aromatic carbocycles. The standard InChI is InChI=1S/C55H34N2O3/c1-3-10-35(11-4-1)36-18-25-41(26-19-36)57(43-29-22-38(23-30-43)44-15-9-17-51-54(44)45-14-7-8-16-49(45)58-51)42-27-20-37(21-28-42)40-24-31-50-46(32-40)47-33-48-53(34-52(47)59-50)60-55(56-48)39-12-5-2-6-13-39/h1-34H. The fourth-order valence-corrected chi connectivity index (χ4v) is 8.57. The molecule has 5 nitrogen and oxygen atoms in total. The lowest BCUT2D eigenvalue weighted by Crippen LogP contribution is -2.09. The van der Waals surface area contributed by atoms with Crippen molar-refractivity contribution in [2.75, 3.05) is 4.90 Å². The van der Waals surface area contributed by atoms with Crippen molar-refractivity contribution >= 4 is 72.0 Å². The van der Waals surface area contributed by atoms with E-state index in [4.69, 9.17) is 18.2 Å². The van der Waals surface area contributed by atoms with Crippen molar-refractivity contribution < 1.29 is 13.3 Å². The van der Waals surface area contributed by atoms with E-state index < -0.39 is 0 Å². The maximum atomic E-state index is 6.32. The molecule has 0 amide bonds. The summed E-state index contributed by atoms with van der Waals surface area (Å²) < 4.78 is 18.7. The van der Waals surface area contributed by atoms with Crippen LogP contribution in [0.2, 0.25) is 0 Å². The number of fused-ring (bicyclic) bond motifs is 7. The predicted molar refractivity (Wildman–Crippen MR) is 245 cm³/mol. The fraction of sp³-hybridized carbons (Fsp3) is 0. The number of nitrogens with zero attached hydrogens (tertiary/aromatic N) is 2. The summed E-state index contributed by atoms with van der Waals surface area (Å²) in [5.74, 6) is 0.598. The predicted octanol–water partition coefficient (Wildman–Crippen LogP) is 15.8. The fourth-order valence-electron chi connectivity index (χ4n) is 8.57. The largest absolute Gasteiger partial charge is 0.456 e. The zero-order valence-corrected chi connectivity index (χ0v) is 32.2. The van der Waals surface area contributed by atoms with Crippen LogP contribution in [0.25, 0.3) is 99.8 Å². The second-order valence-electron chi connectivity index (χ2n) is 15.1. The molecule has 60 heavy (non-hydrogen) atoms. The van der Waals surface area contributed by atoms with Crippen molar-refractivity contribution in [1.29, 1.82) is 0 Å². The molecule has 0 aliphatic carbocycles. The molecule has 0 unspecified atom stereocenters. The summed E-state index contributed by atoms with van der Waals surface area (Å²) >= 11 is 0. The summed E-state index contributed by atoms with van der Waals surface area (Å²) in [4.78, 5) is 7.14. The molecule has 0 radical (unpaired) electrons. The quantitative estimate of drug-likeness (QED) is 0.162. The zero-order valence-electron chi connectivity index (χ0n) is 32.2. The third kappa shape index (κ3) is 5.75. The highest BCUT2D eigenvalue weighted by atomic mass is 16.4. The van der Waals surface area contributed by atoms with Crippen molar-refractivity contribution in [3.8, 4) is 44.8 Å². The SMILES string of the molecule is c1ccc(-c2ccc(N(c3ccc(-c4ccc5oc6cc7oc(-c8ccccc8)nc7cc6c5c4)cc3)c3ccc(-c4cccc5oc6ccccc6c45)cc3)cc2)cc1. The Morgan fingerprint density at radius 1 is 0.317 bits per heavy atom. The van der Waals surface area contributed by atoms with Gasteiger partial charge in [-0.3, -0.25) is 0 Å². The minimum Gasteiger partial charge on any atom is -0.456 e. The molecular weight excluding hydrogens is 737 g/mol. The van der Waals surface area contributed by atoms with Gasteiger partial charge >= 0.3 is 0 Å². The molecule has 282 valence electrons. The van der Waals surface area contributed by atoms with Crippen LogP contribution in [0.3, 0.4) is 0 Å². The number of furan rings is 2. The van der Waals surface area contributed by atoms with Crippen LogP contribution in [0.5, 0.6) is 0 Å². The molecule has 0 saturated carbocycles. The number of oxazole rings is 1. The van der Waals surface area contributed by atoms with Gasteiger partial charge < -0.3 is 18.2 Å². The molecule has 0 bridgehead atoms. The normalized spacial score (nSPS) is 11.7. The Labute approximate surface area is 345 Å². The van der Waals surface area contributed by atoms with Gasteiger partial charge in [0, 0.05) is 50.2 Å². The molecule has 3 aromatic heterocycles. The van der Waals surface area contributed by atoms with E-state index in [0.29, 0.717) is 11.5 Å². The van der Waals surface area contributed by atoms with Gasteiger partial charge in [-0.15, -0.1) is 0 Å². The number of para-hydroxylation sites is 1. The Hall–Kier alpha value is -8.15. The Balaban J connectivity index is 0.913. The highest BCUT2D eigenvalue weighted by Gasteiger charge is 2.18. The van der Waals surface area contributed by atoms with Gasteiger partial charge in [-0.1, -0.05) is 121 Å². The van der Waals surface area contributed by atoms with Crippen LogP contribution in [-0.2, 0) is 0 Å². The van der Waals surface area contributed by atoms with Gasteiger partial charge in [0.25, 0.3) is 0 Å². The minimum absolute atomic E-state index is 0.598. The molecule has 3 heterocycles. The Morgan fingerprint density at radius 3 is 1.57 bits per heavy atom. The average Bonchev–Trinajstić information content (AvgIpc) is 4.02. The molecule has 0 aliphatic rings. The summed E-state index contributed by atoms with van der Waals surface area (Å²) in [6.45, 7) is 0. The van der Waals surface area contributed by atoms with E-state index in [0.717, 1.165) is 94.3 Å². The van der Waals surface area contributed by atoms with Crippen LogP contribution in [0.15, 0.2) is 220 Å². The lowest BCUT2D eigenvalue weighted by molar-refractivity contribution is 0.617. The van der Waals surface area contributed by atoms with Crippen LogP contribution in [-0.4, -0.2) is 4.98 Å². The molecule has 12 aromatic rings. The maximum Gasteiger partial charge on any atom is 0.227 e. The van der Waals surface area contributed by atoms with Crippen molar-refractivity contribution in [1.82, 2.24) is 4.98 Å². The first-order valence-corrected chi connectivity index (χ1v) is 20.1. The number of benzene rings is 9. The Morgan fingerprint density at radius 2 is 0.850 bits per heavy atom. The van der Waals surface area contributed by atoms with Gasteiger partial charge in [-0.2, -0.15) is 0 Å². The number of anilines is 3. The summed E-state index contributed by atoms with van der Waals surface area (Å²) in [6.07, 6.45) is 0. The lowest BCUT2D eigenvalue weighted by atomic mass is 9.99. The number of aromatic nitrogens is 1. The summed E-state index contributed by atoms with van der Waals surface area (Å²) in [6, 6.07) is 71.9. The molecule has 5 heteroatoms. The van der Waals surface area contributed by atoms with Gasteiger partial charge in [0.1, 0.15) is 27.8 Å². The van der Waals surface area contributed by atoms with Gasteiger partial charge in [0.2, 0.25) is 5.89 Å². The maximum absolute atomic E-state index is 6.32. The molecule has 0 atom stereocenters. The van der Waals surface area contributed by atoms with Crippen LogP contribution in [0, 0.1) is 0 Å². The second-order valence-corrected chi connectivity index (χ2v) is 15.1. The van der Waals surface area contributed by atoms with Crippen molar-refractivity contribution in [2.45, 2.75) is 0 Å². The van der Waals surface area contributed by atoms with Gasteiger partial charge in [0.05, 0.1) is 0 Å². The first-order chi connectivity index (χ1) is 29.7. The third-order valence-electron chi connectivity index (χ3n) is 11.5. The molecule has 0 fully saturated rings. The first-order valence-electron chi connectivity index (χ1n) is 20.1. The van der Waals surface area contributed by atoms with E-state index >= 15 is 0 Å². The molecule has 0 spiro atoms. The summed E-state index contributed by atoms with van der Waals surface area (Å²) in [7, 11) is 0. The summed E-state index contributed by atoms with van der Waals surface area (Å²) in [5.41, 5.74) is 15.9. The zero-order chi connectivity index (χ0) is 39.6. The van der Waals surface area contributed by atoms with E-state index in [1.807, 2.05) is 54.6 Å². The number of rotatable bonds is 7. The smallest absolute Gasteiger partial charge is 0.227 e. The third-order valence-corrected chi connectivity index (χ3v) is 11.5. The highest BCUT2D eigenvalue weighted by Crippen LogP contribution is 2.41. The number of hydrogen-bond acceptors (Lipinski definition) is 5. The molecule has 0 aliphatic heterocycles. The van der Waals surface area contributed by atoms with Crippen LogP contribution in [0.4, 0.5) is 17.1 Å². The number of hydrogen-bond donors (Lipinski definition) is 0. The Bertz CT molecular complexity index is 3510. The van der Waals surface area contributed by atoms with Crippen LogP contribution >= 0.6 is 0 Å². The molecule has 0 N–H and O–H groups in total. The van der Waals surface area contributed by atoms with Crippen molar-refractivity contribution in [3.05, 3.63) is 206 Å². The van der Waals surface area contributed by atoms with E-state index in [1.54, 1.807) is 0 Å². The molecular formula is C55H34N2O3. The monoisotopic (exact) mass is 770 g/mol. The lowest BCUT2D eigenvalue weighted by Gasteiger charge is -2.26. The topological polar surface area (TPSA) is 55.6 Å². The van der Waals surface area contributed by atoms with E-state index in [9.17, 15) is 0 Å². The molecule has 12 rings (SSSR count). The molecule has 0 saturated heterocycles. The van der Waals surface area contributed by atoms with Crippen molar-refractivity contribution in [3.63, 3.8) is 0 Å². The van der Waals surface area contributed by atoms with Gasteiger partial charge in [0.15, 0.2) is 5.58 Å². The average molecular weight is 771 g/mol. The van der Waals surface area contributed by atoms with Crippen LogP contribution < -0.4 is 4.90 Å². The van der Waals surface area contributed by atoms with E-state index in [-0.39, 0.29) is 0 Å². The van der Waals surface area contributed by atoms with E-state index in [1.165, 1.54) is 11.1 Å². The minimum atomic E-state index is 0.598. The van der Waals surface area contributed by atoms with Gasteiger partial charge in [-0.25, -0.2) is 4.98 Å². The van der Waals surface area contributed by atoms with Crippen molar-refractivity contribution in [2.24, 2.45) is 0 Å². The summed E-state index contributed by atoms with van der Waals surface area (Å²) in [5, 5.41) is 4.30. The Kier molecular flexibility index (Phi) is 7.78. The second kappa shape index (κ2) is 13.8. The van der Waals surface area contributed by atoms with Crippen LogP contribution in [0.1, 0.15) is 0 Å².